The average molecular weight is 535 g/mol. The van der Waals surface area contributed by atoms with Crippen LogP contribution >= 0.6 is 0 Å². The minimum atomic E-state index is 0.917. The highest BCUT2D eigenvalue weighted by Crippen LogP contribution is 2.45. The molecule has 0 atom stereocenters. The maximum absolute atomic E-state index is 6.45. The van der Waals surface area contributed by atoms with Crippen LogP contribution in [0.1, 0.15) is 0 Å². The molecule has 0 aliphatic heterocycles. The number of hydrogen-bond acceptors (Lipinski definition) is 2. The molecule has 2 heteroatoms. The van der Waals surface area contributed by atoms with Gasteiger partial charge in [0.15, 0.2) is 0 Å². The normalized spacial score (nSPS) is 12.3. The van der Waals surface area contributed by atoms with Crippen LogP contribution < -0.4 is 0 Å². The zero-order chi connectivity index (χ0) is 27.4. The van der Waals surface area contributed by atoms with E-state index in [1.807, 2.05) is 24.3 Å². The van der Waals surface area contributed by atoms with Crippen molar-refractivity contribution in [2.24, 2.45) is 0 Å². The molecule has 2 nitrogen and oxygen atoms in total. The van der Waals surface area contributed by atoms with E-state index in [1.165, 1.54) is 43.4 Å². The predicted molar refractivity (Wildman–Crippen MR) is 176 cm³/mol. The number of para-hydroxylation sites is 3. The molecule has 0 amide bonds. The molecule has 0 radical (unpaired) electrons. The third kappa shape index (κ3) is 2.88. The molecule has 10 aromatic rings. The molecule has 0 saturated heterocycles. The van der Waals surface area contributed by atoms with E-state index in [-0.39, 0.29) is 0 Å². The van der Waals surface area contributed by atoms with Crippen molar-refractivity contribution in [1.82, 2.24) is 0 Å². The average Bonchev–Trinajstić information content (AvgIpc) is 3.61. The fourth-order valence-electron chi connectivity index (χ4n) is 7.14. The number of rotatable bonds is 2. The van der Waals surface area contributed by atoms with Gasteiger partial charge in [-0.15, -0.1) is 0 Å². The molecular weight excluding hydrogens is 512 g/mol. The third-order valence-electron chi connectivity index (χ3n) is 9.05. The minimum Gasteiger partial charge on any atom is -0.456 e. The van der Waals surface area contributed by atoms with Gasteiger partial charge in [-0.05, 0) is 73.3 Å². The molecule has 0 saturated carbocycles. The Labute approximate surface area is 240 Å². The van der Waals surface area contributed by atoms with E-state index in [4.69, 9.17) is 8.83 Å². The zero-order valence-corrected chi connectivity index (χ0v) is 22.5. The second-order valence-corrected chi connectivity index (χ2v) is 11.2. The van der Waals surface area contributed by atoms with Crippen LogP contribution in [0.25, 0.3) is 98.4 Å². The summed E-state index contributed by atoms with van der Waals surface area (Å²) in [6.07, 6.45) is 0. The van der Waals surface area contributed by atoms with Crippen molar-refractivity contribution in [3.63, 3.8) is 0 Å². The first-order valence-corrected chi connectivity index (χ1v) is 14.3. The van der Waals surface area contributed by atoms with Gasteiger partial charge in [-0.2, -0.15) is 0 Å². The summed E-state index contributed by atoms with van der Waals surface area (Å²) in [4.78, 5) is 0. The summed E-state index contributed by atoms with van der Waals surface area (Å²) >= 11 is 0. The van der Waals surface area contributed by atoms with E-state index in [0.717, 1.165) is 55.0 Å². The molecular formula is C40H22O2. The lowest BCUT2D eigenvalue weighted by Gasteiger charge is -2.16. The summed E-state index contributed by atoms with van der Waals surface area (Å²) in [5.41, 5.74) is 8.38. The monoisotopic (exact) mass is 534 g/mol. The summed E-state index contributed by atoms with van der Waals surface area (Å²) in [5, 5.41) is 12.2. The van der Waals surface area contributed by atoms with E-state index < -0.39 is 0 Å². The fourth-order valence-corrected chi connectivity index (χ4v) is 7.14. The van der Waals surface area contributed by atoms with Crippen molar-refractivity contribution in [1.29, 1.82) is 0 Å². The predicted octanol–water partition coefficient (Wildman–Crippen LogP) is 11.7. The van der Waals surface area contributed by atoms with Crippen molar-refractivity contribution in [3.8, 4) is 22.3 Å². The summed E-state index contributed by atoms with van der Waals surface area (Å²) in [5.74, 6) is 0. The van der Waals surface area contributed by atoms with E-state index >= 15 is 0 Å². The molecule has 0 bridgehead atoms. The molecule has 0 spiro atoms. The molecule has 0 unspecified atom stereocenters. The highest BCUT2D eigenvalue weighted by atomic mass is 16.3. The lowest BCUT2D eigenvalue weighted by Crippen LogP contribution is -1.89. The van der Waals surface area contributed by atoms with Crippen LogP contribution in [-0.4, -0.2) is 0 Å². The summed E-state index contributed by atoms with van der Waals surface area (Å²) in [7, 11) is 0. The molecule has 0 fully saturated rings. The van der Waals surface area contributed by atoms with Gasteiger partial charge in [-0.3, -0.25) is 0 Å². The molecule has 42 heavy (non-hydrogen) atoms. The van der Waals surface area contributed by atoms with Crippen molar-refractivity contribution in [2.75, 3.05) is 0 Å². The quantitative estimate of drug-likeness (QED) is 0.206. The Balaban J connectivity index is 1.25. The van der Waals surface area contributed by atoms with Crippen LogP contribution in [0.5, 0.6) is 0 Å². The van der Waals surface area contributed by atoms with Crippen molar-refractivity contribution < 1.29 is 8.83 Å². The second kappa shape index (κ2) is 7.99. The first kappa shape index (κ1) is 22.1. The standard InChI is InChI=1S/C40H22O2/c1-3-10-35-28(6-1)30-19-16-25(22-37(30)41-35)26-17-12-23-15-21-32-27(18-13-24-14-20-31(26)38(23)39(24)32)33-8-5-9-34-29-7-2-4-11-36(29)42-40(33)34/h1-22H. The Kier molecular flexibility index (Phi) is 4.21. The Morgan fingerprint density at radius 2 is 0.905 bits per heavy atom. The minimum absolute atomic E-state index is 0.917. The topological polar surface area (TPSA) is 26.3 Å². The van der Waals surface area contributed by atoms with Gasteiger partial charge in [-0.1, -0.05) is 109 Å². The van der Waals surface area contributed by atoms with Crippen LogP contribution in [0, 0.1) is 0 Å². The number of hydrogen-bond donors (Lipinski definition) is 0. The Bertz CT molecular complexity index is 2680. The molecule has 8 aromatic carbocycles. The van der Waals surface area contributed by atoms with Crippen LogP contribution in [0.4, 0.5) is 0 Å². The highest BCUT2D eigenvalue weighted by molar-refractivity contribution is 6.28. The van der Waals surface area contributed by atoms with Gasteiger partial charge >= 0.3 is 0 Å². The van der Waals surface area contributed by atoms with Crippen LogP contribution in [0.2, 0.25) is 0 Å². The van der Waals surface area contributed by atoms with Crippen LogP contribution in [0.15, 0.2) is 142 Å². The molecule has 2 heterocycles. The van der Waals surface area contributed by atoms with Gasteiger partial charge in [-0.25, -0.2) is 0 Å². The first-order chi connectivity index (χ1) is 20.8. The number of benzene rings is 8. The van der Waals surface area contributed by atoms with Gasteiger partial charge < -0.3 is 8.83 Å². The third-order valence-corrected chi connectivity index (χ3v) is 9.05. The number of fused-ring (bicyclic) bond motifs is 6. The maximum Gasteiger partial charge on any atom is 0.143 e. The first-order valence-electron chi connectivity index (χ1n) is 14.3. The van der Waals surface area contributed by atoms with E-state index in [0.29, 0.717) is 0 Å². The summed E-state index contributed by atoms with van der Waals surface area (Å²) < 4.78 is 12.7. The molecule has 0 aliphatic carbocycles. The zero-order valence-electron chi connectivity index (χ0n) is 22.5. The Morgan fingerprint density at radius 3 is 1.69 bits per heavy atom. The molecule has 2 aromatic heterocycles. The highest BCUT2D eigenvalue weighted by Gasteiger charge is 2.18. The summed E-state index contributed by atoms with van der Waals surface area (Å²) in [6.45, 7) is 0. The lowest BCUT2D eigenvalue weighted by molar-refractivity contribution is 0.669. The summed E-state index contributed by atoms with van der Waals surface area (Å²) in [6, 6.07) is 47.7. The SMILES string of the molecule is c1ccc2c(c1)oc1cc(-c3ccc4ccc5c(-c6cccc7c6oc6ccccc67)ccc6ccc3c4c65)ccc12. The van der Waals surface area contributed by atoms with Crippen LogP contribution in [0.3, 0.4) is 0 Å². The smallest absolute Gasteiger partial charge is 0.143 e. The van der Waals surface area contributed by atoms with Crippen LogP contribution in [-0.2, 0) is 0 Å². The van der Waals surface area contributed by atoms with Gasteiger partial charge in [0.1, 0.15) is 22.3 Å². The fraction of sp³-hybridized carbons (Fsp3) is 0. The van der Waals surface area contributed by atoms with E-state index in [9.17, 15) is 0 Å². The molecule has 0 N–H and O–H groups in total. The molecule has 10 rings (SSSR count). The van der Waals surface area contributed by atoms with E-state index in [2.05, 4.69) is 109 Å². The van der Waals surface area contributed by atoms with E-state index in [1.54, 1.807) is 0 Å². The van der Waals surface area contributed by atoms with Gasteiger partial charge in [0, 0.05) is 27.1 Å². The Morgan fingerprint density at radius 1 is 0.333 bits per heavy atom. The van der Waals surface area contributed by atoms with Gasteiger partial charge in [0.2, 0.25) is 0 Å². The maximum atomic E-state index is 6.45. The largest absolute Gasteiger partial charge is 0.456 e. The van der Waals surface area contributed by atoms with Crippen molar-refractivity contribution in [2.45, 2.75) is 0 Å². The number of furan rings is 2. The van der Waals surface area contributed by atoms with Gasteiger partial charge in [0.25, 0.3) is 0 Å². The Hall–Kier alpha value is -5.60. The van der Waals surface area contributed by atoms with Crippen molar-refractivity contribution >= 4 is 76.2 Å². The molecule has 0 aliphatic rings. The van der Waals surface area contributed by atoms with Gasteiger partial charge in [0.05, 0.1) is 0 Å². The second-order valence-electron chi connectivity index (χ2n) is 11.2. The molecule has 194 valence electrons. The van der Waals surface area contributed by atoms with Crippen molar-refractivity contribution in [3.05, 3.63) is 133 Å². The lowest BCUT2D eigenvalue weighted by atomic mass is 9.87.